The Hall–Kier alpha value is -1.13. The minimum atomic E-state index is -0.421. The zero-order valence-corrected chi connectivity index (χ0v) is 13.8. The third-order valence-corrected chi connectivity index (χ3v) is 4.79. The van der Waals surface area contributed by atoms with E-state index in [-0.39, 0.29) is 5.92 Å². The largest absolute Gasteiger partial charge is 0.392 e. The highest BCUT2D eigenvalue weighted by molar-refractivity contribution is 9.10. The van der Waals surface area contributed by atoms with E-state index in [2.05, 4.69) is 47.0 Å². The van der Waals surface area contributed by atoms with Gasteiger partial charge in [-0.1, -0.05) is 37.3 Å². The number of aliphatic hydroxyl groups excluding tert-OH is 1. The molecule has 4 heteroatoms. The van der Waals surface area contributed by atoms with Gasteiger partial charge in [0, 0.05) is 18.9 Å². The number of hydrogen-bond donors (Lipinski definition) is 1. The highest BCUT2D eigenvalue weighted by atomic mass is 79.9. The van der Waals surface area contributed by atoms with Gasteiger partial charge in [-0.05, 0) is 35.3 Å². The van der Waals surface area contributed by atoms with E-state index in [1.54, 1.807) is 0 Å². The molecule has 0 aliphatic rings. The molecule has 2 rings (SSSR count). The van der Waals surface area contributed by atoms with E-state index >= 15 is 0 Å². The van der Waals surface area contributed by atoms with Crippen molar-refractivity contribution in [3.05, 3.63) is 51.8 Å². The summed E-state index contributed by atoms with van der Waals surface area (Å²) >= 11 is 3.58. The van der Waals surface area contributed by atoms with Crippen molar-refractivity contribution in [1.82, 2.24) is 9.78 Å². The molecule has 3 nitrogen and oxygen atoms in total. The number of rotatable bonds is 5. The lowest BCUT2D eigenvalue weighted by Gasteiger charge is -2.20. The second-order valence-corrected chi connectivity index (χ2v) is 5.93. The van der Waals surface area contributed by atoms with E-state index in [4.69, 9.17) is 0 Å². The quantitative estimate of drug-likeness (QED) is 0.904. The second kappa shape index (κ2) is 6.55. The molecule has 0 aliphatic carbocycles. The molecule has 0 aliphatic heterocycles. The van der Waals surface area contributed by atoms with Crippen LogP contribution in [-0.4, -0.2) is 21.0 Å². The number of nitrogens with zero attached hydrogens (tertiary/aromatic N) is 2. The second-order valence-electron chi connectivity index (χ2n) is 5.13. The monoisotopic (exact) mass is 336 g/mol. The Kier molecular flexibility index (Phi) is 5.00. The van der Waals surface area contributed by atoms with Gasteiger partial charge in [0.1, 0.15) is 0 Å². The molecular weight excluding hydrogens is 316 g/mol. The van der Waals surface area contributed by atoms with Crippen LogP contribution in [0.3, 0.4) is 0 Å². The molecule has 0 saturated heterocycles. The number of aliphatic hydroxyl groups is 1. The fourth-order valence-electron chi connectivity index (χ4n) is 2.42. The van der Waals surface area contributed by atoms with Crippen LogP contribution in [0.5, 0.6) is 0 Å². The zero-order chi connectivity index (χ0) is 14.7. The van der Waals surface area contributed by atoms with Gasteiger partial charge in [0.05, 0.1) is 22.0 Å². The average molecular weight is 337 g/mol. The van der Waals surface area contributed by atoms with Crippen molar-refractivity contribution in [3.63, 3.8) is 0 Å². The van der Waals surface area contributed by atoms with Crippen molar-refractivity contribution in [1.29, 1.82) is 0 Å². The summed E-state index contributed by atoms with van der Waals surface area (Å²) in [5, 5.41) is 15.0. The molecule has 1 heterocycles. The summed E-state index contributed by atoms with van der Waals surface area (Å²) in [6.07, 6.45) is 0.181. The molecule has 0 radical (unpaired) electrons. The summed E-state index contributed by atoms with van der Waals surface area (Å²) in [4.78, 5) is 0. The Balaban J connectivity index is 2.18. The van der Waals surface area contributed by atoms with Crippen molar-refractivity contribution >= 4 is 15.9 Å². The molecule has 0 fully saturated rings. The van der Waals surface area contributed by atoms with Crippen molar-refractivity contribution in [2.45, 2.75) is 45.8 Å². The highest BCUT2D eigenvalue weighted by Gasteiger charge is 2.21. The summed E-state index contributed by atoms with van der Waals surface area (Å²) in [5.41, 5.74) is 3.21. The predicted octanol–water partition coefficient (Wildman–Crippen LogP) is 3.68. The van der Waals surface area contributed by atoms with E-state index in [9.17, 15) is 5.11 Å². The Morgan fingerprint density at radius 1 is 1.30 bits per heavy atom. The molecule has 1 N–H and O–H groups in total. The maximum Gasteiger partial charge on any atom is 0.0738 e. The van der Waals surface area contributed by atoms with Gasteiger partial charge in [-0.25, -0.2) is 0 Å². The molecule has 2 aromatic rings. The van der Waals surface area contributed by atoms with Gasteiger partial charge in [-0.15, -0.1) is 0 Å². The number of benzene rings is 1. The lowest BCUT2D eigenvalue weighted by Crippen LogP contribution is -2.21. The maximum atomic E-state index is 10.5. The number of aromatic nitrogens is 2. The highest BCUT2D eigenvalue weighted by Crippen LogP contribution is 2.26. The number of aryl methyl sites for hydroxylation is 2. The topological polar surface area (TPSA) is 38.0 Å². The van der Waals surface area contributed by atoms with Crippen molar-refractivity contribution < 1.29 is 5.11 Å². The Morgan fingerprint density at radius 3 is 2.55 bits per heavy atom. The third-order valence-electron chi connectivity index (χ3n) is 3.76. The first-order valence-electron chi connectivity index (χ1n) is 6.99. The molecule has 0 bridgehead atoms. The molecular formula is C16H21BrN2O. The third kappa shape index (κ3) is 3.13. The fourth-order valence-corrected chi connectivity index (χ4v) is 2.86. The lowest BCUT2D eigenvalue weighted by atomic mass is 9.92. The molecule has 0 spiro atoms. The van der Waals surface area contributed by atoms with Gasteiger partial charge in [0.2, 0.25) is 0 Å². The van der Waals surface area contributed by atoms with Crippen LogP contribution in [0.4, 0.5) is 0 Å². The van der Waals surface area contributed by atoms with Crippen molar-refractivity contribution in [3.8, 4) is 0 Å². The van der Waals surface area contributed by atoms with Gasteiger partial charge < -0.3 is 5.11 Å². The average Bonchev–Trinajstić information content (AvgIpc) is 2.75. The fraction of sp³-hybridized carbons (Fsp3) is 0.438. The number of hydrogen-bond acceptors (Lipinski definition) is 2. The lowest BCUT2D eigenvalue weighted by molar-refractivity contribution is 0.147. The molecule has 0 saturated carbocycles. The summed E-state index contributed by atoms with van der Waals surface area (Å²) in [6, 6.07) is 10.1. The van der Waals surface area contributed by atoms with Crippen molar-refractivity contribution in [2.24, 2.45) is 0 Å². The first kappa shape index (κ1) is 15.3. The molecule has 1 aromatic carbocycles. The van der Waals surface area contributed by atoms with E-state index in [1.807, 2.05) is 29.8 Å². The zero-order valence-electron chi connectivity index (χ0n) is 12.2. The van der Waals surface area contributed by atoms with Gasteiger partial charge in [-0.2, -0.15) is 5.10 Å². The summed E-state index contributed by atoms with van der Waals surface area (Å²) < 4.78 is 2.97. The van der Waals surface area contributed by atoms with E-state index in [0.29, 0.717) is 6.42 Å². The maximum absolute atomic E-state index is 10.5. The van der Waals surface area contributed by atoms with Crippen LogP contribution in [0, 0.1) is 6.92 Å². The summed E-state index contributed by atoms with van der Waals surface area (Å²) in [7, 11) is 0. The van der Waals surface area contributed by atoms with Gasteiger partial charge in [-0.3, -0.25) is 4.68 Å². The van der Waals surface area contributed by atoms with Gasteiger partial charge >= 0.3 is 0 Å². The van der Waals surface area contributed by atoms with Crippen LogP contribution in [0.2, 0.25) is 0 Å². The normalized spacial score (nSPS) is 14.2. The minimum absolute atomic E-state index is 0.101. The SMILES string of the molecule is CCn1nc(C)c(Br)c1CC(O)C(C)c1ccccc1. The first-order chi connectivity index (χ1) is 9.54. The van der Waals surface area contributed by atoms with Crippen LogP contribution < -0.4 is 0 Å². The van der Waals surface area contributed by atoms with Crippen molar-refractivity contribution in [2.75, 3.05) is 0 Å². The molecule has 2 unspecified atom stereocenters. The van der Waals surface area contributed by atoms with E-state index in [1.165, 1.54) is 0 Å². The smallest absolute Gasteiger partial charge is 0.0738 e. The number of halogens is 1. The molecule has 2 atom stereocenters. The van der Waals surface area contributed by atoms with Crippen LogP contribution in [0.15, 0.2) is 34.8 Å². The van der Waals surface area contributed by atoms with Crippen LogP contribution in [0.25, 0.3) is 0 Å². The summed E-state index contributed by atoms with van der Waals surface area (Å²) in [5.74, 6) is 0.101. The predicted molar refractivity (Wildman–Crippen MR) is 84.9 cm³/mol. The summed E-state index contributed by atoms with van der Waals surface area (Å²) in [6.45, 7) is 6.92. The Morgan fingerprint density at radius 2 is 1.95 bits per heavy atom. The minimum Gasteiger partial charge on any atom is -0.392 e. The van der Waals surface area contributed by atoms with Crippen LogP contribution in [-0.2, 0) is 13.0 Å². The van der Waals surface area contributed by atoms with E-state index < -0.39 is 6.10 Å². The first-order valence-corrected chi connectivity index (χ1v) is 7.78. The molecule has 20 heavy (non-hydrogen) atoms. The molecule has 108 valence electrons. The molecule has 1 aromatic heterocycles. The van der Waals surface area contributed by atoms with Crippen LogP contribution >= 0.6 is 15.9 Å². The van der Waals surface area contributed by atoms with Gasteiger partial charge in [0.15, 0.2) is 0 Å². The van der Waals surface area contributed by atoms with E-state index in [0.717, 1.165) is 28.0 Å². The Labute approximate surface area is 128 Å². The standard InChI is InChI=1S/C16H21BrN2O/c1-4-19-14(16(17)12(3)18-19)10-15(20)11(2)13-8-6-5-7-9-13/h5-9,11,15,20H,4,10H2,1-3H3. The van der Waals surface area contributed by atoms with Gasteiger partial charge in [0.25, 0.3) is 0 Å². The van der Waals surface area contributed by atoms with Crippen LogP contribution in [0.1, 0.15) is 36.7 Å². The molecule has 0 amide bonds. The Bertz CT molecular complexity index is 565.